The first kappa shape index (κ1) is 19.4. The molecule has 0 atom stereocenters. The van der Waals surface area contributed by atoms with E-state index in [1.54, 1.807) is 13.2 Å². The van der Waals surface area contributed by atoms with Crippen LogP contribution in [0.2, 0.25) is 0 Å². The molecule has 0 saturated carbocycles. The van der Waals surface area contributed by atoms with E-state index in [4.69, 9.17) is 4.74 Å². The molecule has 8 heteroatoms. The molecule has 2 heterocycles. The molecule has 1 fully saturated rings. The van der Waals surface area contributed by atoms with E-state index in [-0.39, 0.29) is 5.91 Å². The topological polar surface area (TPSA) is 70.6 Å². The van der Waals surface area contributed by atoms with E-state index < -0.39 is 0 Å². The van der Waals surface area contributed by atoms with Gasteiger partial charge in [0.15, 0.2) is 0 Å². The molecular weight excluding hydrogens is 410 g/mol. The number of nitrogens with one attached hydrogen (secondary N) is 1. The van der Waals surface area contributed by atoms with Crippen molar-refractivity contribution in [1.82, 2.24) is 14.9 Å². The summed E-state index contributed by atoms with van der Waals surface area (Å²) in [6, 6.07) is 7.41. The number of benzene rings is 1. The monoisotopic (exact) mass is 433 g/mol. The first-order valence-electron chi connectivity index (χ1n) is 8.99. The van der Waals surface area contributed by atoms with Gasteiger partial charge < -0.3 is 19.9 Å². The third-order valence-corrected chi connectivity index (χ3v) is 5.17. The maximum absolute atomic E-state index is 12.9. The molecule has 1 aromatic carbocycles. The highest BCUT2D eigenvalue weighted by molar-refractivity contribution is 9.10. The van der Waals surface area contributed by atoms with Crippen LogP contribution in [0, 0.1) is 6.92 Å². The first-order chi connectivity index (χ1) is 13.0. The number of aryl methyl sites for hydroxylation is 1. The van der Waals surface area contributed by atoms with Crippen LogP contribution in [0.15, 0.2) is 28.7 Å². The smallest absolute Gasteiger partial charge is 0.255 e. The summed E-state index contributed by atoms with van der Waals surface area (Å²) in [5.74, 6) is 3.15. The molecule has 2 aromatic rings. The van der Waals surface area contributed by atoms with Crippen molar-refractivity contribution in [3.63, 3.8) is 0 Å². The number of hydrogen-bond donors (Lipinski definition) is 1. The fourth-order valence-corrected chi connectivity index (χ4v) is 3.51. The normalized spacial score (nSPS) is 14.2. The second-order valence-corrected chi connectivity index (χ2v) is 7.17. The highest BCUT2D eigenvalue weighted by atomic mass is 79.9. The molecule has 1 aliphatic rings. The Morgan fingerprint density at radius 2 is 1.96 bits per heavy atom. The predicted octanol–water partition coefficient (Wildman–Crippen LogP) is 2.95. The Labute approximate surface area is 167 Å². The zero-order valence-corrected chi connectivity index (χ0v) is 17.4. The van der Waals surface area contributed by atoms with Crippen molar-refractivity contribution in [3.05, 3.63) is 40.1 Å². The van der Waals surface area contributed by atoms with E-state index in [1.807, 2.05) is 36.9 Å². The molecule has 27 heavy (non-hydrogen) atoms. The highest BCUT2D eigenvalue weighted by Crippen LogP contribution is 2.25. The second-order valence-electron chi connectivity index (χ2n) is 6.31. The highest BCUT2D eigenvalue weighted by Gasteiger charge is 2.25. The van der Waals surface area contributed by atoms with Gasteiger partial charge in [0, 0.05) is 43.3 Å². The molecule has 1 amide bonds. The Balaban J connectivity index is 1.69. The number of ether oxygens (including phenoxy) is 1. The summed E-state index contributed by atoms with van der Waals surface area (Å²) in [6.07, 6.45) is 0. The number of carbonyl (C=O) groups is 1. The molecule has 1 N–H and O–H groups in total. The van der Waals surface area contributed by atoms with Crippen LogP contribution in [0.4, 0.5) is 11.6 Å². The molecule has 1 aromatic heterocycles. The van der Waals surface area contributed by atoms with Crippen LogP contribution in [0.3, 0.4) is 0 Å². The number of methoxy groups -OCH3 is 1. The number of amides is 1. The van der Waals surface area contributed by atoms with Gasteiger partial charge in [-0.3, -0.25) is 4.79 Å². The summed E-state index contributed by atoms with van der Waals surface area (Å²) in [4.78, 5) is 25.9. The van der Waals surface area contributed by atoms with Gasteiger partial charge in [-0.15, -0.1) is 0 Å². The molecule has 144 valence electrons. The lowest BCUT2D eigenvalue weighted by atomic mass is 10.1. The van der Waals surface area contributed by atoms with Crippen molar-refractivity contribution in [1.29, 1.82) is 0 Å². The van der Waals surface area contributed by atoms with Crippen molar-refractivity contribution in [2.24, 2.45) is 0 Å². The molecule has 3 rings (SSSR count). The lowest BCUT2D eigenvalue weighted by molar-refractivity contribution is 0.0745. The number of anilines is 2. The quantitative estimate of drug-likeness (QED) is 0.781. The molecule has 1 aliphatic heterocycles. The number of hydrogen-bond acceptors (Lipinski definition) is 6. The Hall–Kier alpha value is -2.35. The van der Waals surface area contributed by atoms with Gasteiger partial charge in [0.2, 0.25) is 0 Å². The summed E-state index contributed by atoms with van der Waals surface area (Å²) in [5.41, 5.74) is 0.620. The minimum Gasteiger partial charge on any atom is -0.497 e. The summed E-state index contributed by atoms with van der Waals surface area (Å²) >= 11 is 3.47. The van der Waals surface area contributed by atoms with Crippen LogP contribution < -0.4 is 15.0 Å². The van der Waals surface area contributed by atoms with Crippen molar-refractivity contribution in [2.45, 2.75) is 13.8 Å². The van der Waals surface area contributed by atoms with Crippen LogP contribution in [0.5, 0.6) is 5.75 Å². The van der Waals surface area contributed by atoms with Gasteiger partial charge >= 0.3 is 0 Å². The SMILES string of the molecule is CCNc1cc(N2CCN(C(=O)c3cc(OC)ccc3Br)CC2)nc(C)n1. The van der Waals surface area contributed by atoms with Crippen LogP contribution in [0.1, 0.15) is 23.1 Å². The van der Waals surface area contributed by atoms with E-state index in [0.717, 1.165) is 41.6 Å². The number of aromatic nitrogens is 2. The minimum atomic E-state index is 0.00707. The summed E-state index contributed by atoms with van der Waals surface area (Å²) in [6.45, 7) is 7.49. The summed E-state index contributed by atoms with van der Waals surface area (Å²) < 4.78 is 6.02. The van der Waals surface area contributed by atoms with Crippen LogP contribution >= 0.6 is 15.9 Å². The zero-order valence-electron chi connectivity index (χ0n) is 15.8. The molecule has 0 aliphatic carbocycles. The number of nitrogens with zero attached hydrogens (tertiary/aromatic N) is 4. The van der Waals surface area contributed by atoms with Gasteiger partial charge in [-0.05, 0) is 48.0 Å². The molecule has 0 radical (unpaired) electrons. The Morgan fingerprint density at radius 1 is 1.22 bits per heavy atom. The summed E-state index contributed by atoms with van der Waals surface area (Å²) in [5, 5.41) is 3.23. The molecular formula is C19H24BrN5O2. The maximum Gasteiger partial charge on any atom is 0.255 e. The van der Waals surface area contributed by atoms with E-state index >= 15 is 0 Å². The number of rotatable bonds is 5. The van der Waals surface area contributed by atoms with Crippen LogP contribution in [0.25, 0.3) is 0 Å². The molecule has 0 unspecified atom stereocenters. The number of carbonyl (C=O) groups excluding carboxylic acids is 1. The van der Waals surface area contributed by atoms with Crippen LogP contribution in [-0.2, 0) is 0 Å². The van der Waals surface area contributed by atoms with Gasteiger partial charge in [-0.1, -0.05) is 0 Å². The standard InChI is InChI=1S/C19H24BrN5O2/c1-4-21-17-12-18(23-13(2)22-17)24-7-9-25(10-8-24)19(26)15-11-14(27-3)5-6-16(15)20/h5-6,11-12H,4,7-10H2,1-3H3,(H,21,22,23). The van der Waals surface area contributed by atoms with Crippen molar-refractivity contribution < 1.29 is 9.53 Å². The summed E-state index contributed by atoms with van der Waals surface area (Å²) in [7, 11) is 1.60. The van der Waals surface area contributed by atoms with Crippen LogP contribution in [-0.4, -0.2) is 60.6 Å². The largest absolute Gasteiger partial charge is 0.497 e. The van der Waals surface area contributed by atoms with Gasteiger partial charge in [-0.25, -0.2) is 9.97 Å². The molecule has 0 spiro atoms. The van der Waals surface area contributed by atoms with Gasteiger partial charge in [0.1, 0.15) is 23.2 Å². The average Bonchev–Trinajstić information content (AvgIpc) is 2.68. The number of halogens is 1. The van der Waals surface area contributed by atoms with Gasteiger partial charge in [0.25, 0.3) is 5.91 Å². The Kier molecular flexibility index (Phi) is 6.15. The molecule has 1 saturated heterocycles. The van der Waals surface area contributed by atoms with Gasteiger partial charge in [0.05, 0.1) is 12.7 Å². The number of piperazine rings is 1. The lowest BCUT2D eigenvalue weighted by Gasteiger charge is -2.35. The van der Waals surface area contributed by atoms with E-state index in [9.17, 15) is 4.79 Å². The fourth-order valence-electron chi connectivity index (χ4n) is 3.09. The predicted molar refractivity (Wildman–Crippen MR) is 110 cm³/mol. The lowest BCUT2D eigenvalue weighted by Crippen LogP contribution is -2.49. The fraction of sp³-hybridized carbons (Fsp3) is 0.421. The second kappa shape index (κ2) is 8.56. The Morgan fingerprint density at radius 3 is 2.63 bits per heavy atom. The van der Waals surface area contributed by atoms with E-state index in [2.05, 4.69) is 36.1 Å². The van der Waals surface area contributed by atoms with Crippen molar-refractivity contribution >= 4 is 33.5 Å². The third-order valence-electron chi connectivity index (χ3n) is 4.48. The third kappa shape index (κ3) is 4.50. The Bertz CT molecular complexity index is 822. The maximum atomic E-state index is 12.9. The average molecular weight is 434 g/mol. The van der Waals surface area contributed by atoms with E-state index in [0.29, 0.717) is 24.4 Å². The molecule has 0 bridgehead atoms. The van der Waals surface area contributed by atoms with E-state index in [1.165, 1.54) is 0 Å². The zero-order chi connectivity index (χ0) is 19.4. The van der Waals surface area contributed by atoms with Crippen molar-refractivity contribution in [2.75, 3.05) is 50.1 Å². The van der Waals surface area contributed by atoms with Gasteiger partial charge in [-0.2, -0.15) is 0 Å². The minimum absolute atomic E-state index is 0.00707. The van der Waals surface area contributed by atoms with Crippen molar-refractivity contribution in [3.8, 4) is 5.75 Å². The molecule has 7 nitrogen and oxygen atoms in total. The first-order valence-corrected chi connectivity index (χ1v) is 9.78.